The minimum Gasteiger partial charge on any atom is -0.339 e. The van der Waals surface area contributed by atoms with E-state index in [4.69, 9.17) is 0 Å². The summed E-state index contributed by atoms with van der Waals surface area (Å²) in [7, 11) is -1.41. The maximum Gasteiger partial charge on any atom is 0.257 e. The van der Waals surface area contributed by atoms with Crippen LogP contribution in [0.5, 0.6) is 0 Å². The van der Waals surface area contributed by atoms with Gasteiger partial charge >= 0.3 is 0 Å². The van der Waals surface area contributed by atoms with E-state index in [1.165, 1.54) is 21.4 Å². The summed E-state index contributed by atoms with van der Waals surface area (Å²) in [5, 5.41) is 8.14. The van der Waals surface area contributed by atoms with Gasteiger partial charge in [-0.1, -0.05) is 0 Å². The number of hydrogen-bond acceptors (Lipinski definition) is 5. The van der Waals surface area contributed by atoms with Crippen molar-refractivity contribution in [2.45, 2.75) is 18.9 Å². The number of carbonyl (C=O) groups is 1. The molecule has 1 fully saturated rings. The second kappa shape index (κ2) is 5.89. The quantitative estimate of drug-likeness (QED) is 0.800. The molecule has 0 aliphatic carbocycles. The summed E-state index contributed by atoms with van der Waals surface area (Å²) in [5.74, 6) is -0.120. The van der Waals surface area contributed by atoms with Crippen molar-refractivity contribution in [1.29, 1.82) is 0 Å². The van der Waals surface area contributed by atoms with Crippen LogP contribution in [0.3, 0.4) is 0 Å². The Balaban J connectivity index is 1.74. The highest BCUT2D eigenvalue weighted by Crippen LogP contribution is 2.20. The van der Waals surface area contributed by atoms with Crippen LogP contribution in [0.4, 0.5) is 0 Å². The summed E-state index contributed by atoms with van der Waals surface area (Å²) in [6, 6.07) is 3.58. The zero-order chi connectivity index (χ0) is 16.6. The Morgan fingerprint density at radius 3 is 2.65 bits per heavy atom. The van der Waals surface area contributed by atoms with Crippen molar-refractivity contribution < 1.29 is 13.2 Å². The van der Waals surface area contributed by atoms with E-state index in [9.17, 15) is 13.2 Å². The van der Waals surface area contributed by atoms with Gasteiger partial charge in [0.15, 0.2) is 0 Å². The van der Waals surface area contributed by atoms with Gasteiger partial charge in [-0.3, -0.25) is 4.79 Å². The minimum absolute atomic E-state index is 0.0205. The van der Waals surface area contributed by atoms with E-state index >= 15 is 0 Å². The van der Waals surface area contributed by atoms with Crippen LogP contribution in [-0.2, 0) is 10.0 Å². The first kappa shape index (κ1) is 15.9. The Morgan fingerprint density at radius 2 is 2.00 bits per heavy atom. The van der Waals surface area contributed by atoms with Crippen LogP contribution in [-0.4, -0.2) is 70.8 Å². The van der Waals surface area contributed by atoms with Crippen molar-refractivity contribution in [3.63, 3.8) is 0 Å². The van der Waals surface area contributed by atoms with E-state index in [1.54, 1.807) is 30.3 Å². The molecule has 0 atom stereocenters. The van der Waals surface area contributed by atoms with Crippen molar-refractivity contribution in [2.24, 2.45) is 0 Å². The third-order valence-electron chi connectivity index (χ3n) is 4.29. The van der Waals surface area contributed by atoms with E-state index in [1.807, 2.05) is 0 Å². The molecule has 9 heteroatoms. The molecule has 0 spiro atoms. The van der Waals surface area contributed by atoms with Crippen molar-refractivity contribution in [3.05, 3.63) is 30.1 Å². The molecule has 2 aromatic rings. The Labute approximate surface area is 134 Å². The fourth-order valence-corrected chi connectivity index (χ4v) is 3.79. The fourth-order valence-electron chi connectivity index (χ4n) is 2.91. The molecule has 1 aliphatic heterocycles. The molecular formula is C14H19N5O3S. The fraction of sp³-hybridized carbons (Fsp3) is 0.500. The summed E-state index contributed by atoms with van der Waals surface area (Å²) in [4.78, 5) is 14.4. The largest absolute Gasteiger partial charge is 0.339 e. The van der Waals surface area contributed by atoms with Crippen molar-refractivity contribution in [2.75, 3.05) is 26.4 Å². The van der Waals surface area contributed by atoms with Crippen LogP contribution in [0.1, 0.15) is 23.2 Å². The highest BCUT2D eigenvalue weighted by atomic mass is 32.2. The molecule has 0 N–H and O–H groups in total. The van der Waals surface area contributed by atoms with Gasteiger partial charge in [-0.05, 0) is 25.0 Å². The van der Waals surface area contributed by atoms with Gasteiger partial charge in [0.25, 0.3) is 5.91 Å². The number of aromatic nitrogens is 3. The number of nitrogens with zero attached hydrogens (tertiary/aromatic N) is 5. The first-order chi connectivity index (χ1) is 10.9. The van der Waals surface area contributed by atoms with Gasteiger partial charge in [0.05, 0.1) is 18.0 Å². The summed E-state index contributed by atoms with van der Waals surface area (Å²) >= 11 is 0. The molecule has 124 valence electrons. The lowest BCUT2D eigenvalue weighted by atomic mass is 10.0. The second-order valence-electron chi connectivity index (χ2n) is 5.77. The number of amides is 1. The number of hydrogen-bond donors (Lipinski definition) is 0. The first-order valence-corrected chi connectivity index (χ1v) is 9.24. The smallest absolute Gasteiger partial charge is 0.257 e. The van der Waals surface area contributed by atoms with E-state index in [2.05, 4.69) is 10.2 Å². The number of sulfonamides is 1. The Hall–Kier alpha value is -2.00. The van der Waals surface area contributed by atoms with Gasteiger partial charge in [-0.15, -0.1) is 0 Å². The summed E-state index contributed by atoms with van der Waals surface area (Å²) < 4.78 is 26.0. The third-order valence-corrected chi connectivity index (χ3v) is 5.60. The topological polar surface area (TPSA) is 87.9 Å². The predicted molar refractivity (Wildman–Crippen MR) is 84.5 cm³/mol. The molecule has 0 radical (unpaired) electrons. The molecule has 0 unspecified atom stereocenters. The van der Waals surface area contributed by atoms with Crippen LogP contribution in [0.2, 0.25) is 0 Å². The van der Waals surface area contributed by atoms with Gasteiger partial charge in [-0.25, -0.2) is 12.7 Å². The highest BCUT2D eigenvalue weighted by Gasteiger charge is 2.30. The molecule has 1 aliphatic rings. The van der Waals surface area contributed by atoms with E-state index in [0.29, 0.717) is 37.0 Å². The Morgan fingerprint density at radius 1 is 1.30 bits per heavy atom. The molecule has 1 amide bonds. The van der Waals surface area contributed by atoms with Crippen LogP contribution >= 0.6 is 0 Å². The normalized spacial score (nSPS) is 17.5. The number of rotatable bonds is 3. The summed E-state index contributed by atoms with van der Waals surface area (Å²) in [5.41, 5.74) is 1.17. The average molecular weight is 337 g/mol. The third kappa shape index (κ3) is 3.06. The van der Waals surface area contributed by atoms with E-state index in [0.717, 1.165) is 0 Å². The lowest BCUT2D eigenvalue weighted by molar-refractivity contribution is 0.0684. The minimum atomic E-state index is -3.16. The molecular weight excluding hydrogens is 318 g/mol. The second-order valence-corrected chi connectivity index (χ2v) is 7.75. The van der Waals surface area contributed by atoms with Crippen LogP contribution in [0, 0.1) is 0 Å². The van der Waals surface area contributed by atoms with Crippen LogP contribution in [0.15, 0.2) is 24.5 Å². The lowest BCUT2D eigenvalue weighted by Crippen LogP contribution is -2.47. The van der Waals surface area contributed by atoms with E-state index in [-0.39, 0.29) is 11.9 Å². The maximum atomic E-state index is 12.7. The van der Waals surface area contributed by atoms with Gasteiger partial charge in [0.2, 0.25) is 10.0 Å². The van der Waals surface area contributed by atoms with Gasteiger partial charge in [0, 0.05) is 32.4 Å². The number of piperidine rings is 1. The van der Waals surface area contributed by atoms with Gasteiger partial charge in [0.1, 0.15) is 5.52 Å². The van der Waals surface area contributed by atoms with Crippen LogP contribution in [0.25, 0.3) is 5.52 Å². The molecule has 23 heavy (non-hydrogen) atoms. The first-order valence-electron chi connectivity index (χ1n) is 7.39. The zero-order valence-electron chi connectivity index (χ0n) is 13.1. The maximum absolute atomic E-state index is 12.7. The molecule has 0 bridgehead atoms. The molecule has 1 saturated heterocycles. The lowest BCUT2D eigenvalue weighted by Gasteiger charge is -2.35. The zero-order valence-corrected chi connectivity index (χ0v) is 13.9. The summed E-state index contributed by atoms with van der Waals surface area (Å²) in [6.45, 7) is 0.884. The Kier molecular flexibility index (Phi) is 4.07. The Bertz CT molecular complexity index is 824. The molecule has 8 nitrogen and oxygen atoms in total. The summed E-state index contributed by atoms with van der Waals surface area (Å²) in [6.07, 6.45) is 5.61. The average Bonchev–Trinajstić information content (AvgIpc) is 2.97. The van der Waals surface area contributed by atoms with Crippen molar-refractivity contribution in [3.8, 4) is 0 Å². The monoisotopic (exact) mass is 337 g/mol. The van der Waals surface area contributed by atoms with Crippen molar-refractivity contribution >= 4 is 21.4 Å². The van der Waals surface area contributed by atoms with Gasteiger partial charge in [-0.2, -0.15) is 14.8 Å². The van der Waals surface area contributed by atoms with Crippen LogP contribution < -0.4 is 0 Å². The SMILES string of the molecule is CN(C(=O)c1cnn2ncccc12)C1CCN(S(C)(=O)=O)CC1. The molecule has 3 heterocycles. The molecule has 0 saturated carbocycles. The number of carbonyl (C=O) groups excluding carboxylic acids is 1. The predicted octanol–water partition coefficient (Wildman–Crippen LogP) is 0.225. The number of fused-ring (bicyclic) bond motifs is 1. The molecule has 0 aromatic carbocycles. The van der Waals surface area contributed by atoms with Crippen molar-refractivity contribution in [1.82, 2.24) is 24.0 Å². The molecule has 3 rings (SSSR count). The highest BCUT2D eigenvalue weighted by molar-refractivity contribution is 7.88. The standard InChI is InChI=1S/C14H19N5O3S/c1-17(11-5-8-18(9-6-11)23(2,21)22)14(20)12-10-16-19-13(12)4-3-7-15-19/h3-4,7,10-11H,5-6,8-9H2,1-2H3. The van der Waals surface area contributed by atoms with E-state index < -0.39 is 10.0 Å². The molecule has 2 aromatic heterocycles. The van der Waals surface area contributed by atoms with Gasteiger partial charge < -0.3 is 4.90 Å².